The Balaban J connectivity index is 2.80. The summed E-state index contributed by atoms with van der Waals surface area (Å²) in [6, 6.07) is 0. The lowest BCUT2D eigenvalue weighted by molar-refractivity contribution is 0.0320. The number of nitrogens with one attached hydrogen (secondary N) is 1. The second-order valence-corrected chi connectivity index (χ2v) is 2.90. The van der Waals surface area contributed by atoms with Gasteiger partial charge in [-0.25, -0.2) is 5.48 Å². The minimum Gasteiger partial charge on any atom is -0.307 e. The van der Waals surface area contributed by atoms with E-state index in [-0.39, 0.29) is 0 Å². The van der Waals surface area contributed by atoms with Crippen LogP contribution in [0.5, 0.6) is 0 Å². The molecule has 0 saturated carbocycles. The summed E-state index contributed by atoms with van der Waals surface area (Å²) in [5.74, 6) is 0. The van der Waals surface area contributed by atoms with Gasteiger partial charge in [0.05, 0.1) is 6.61 Å². The molecule has 11 heavy (non-hydrogen) atoms. The molecule has 0 aromatic carbocycles. The monoisotopic (exact) mass is 160 g/mol. The summed E-state index contributed by atoms with van der Waals surface area (Å²) in [7, 11) is 4.07. The highest BCUT2D eigenvalue weighted by Crippen LogP contribution is 1.82. The minimum atomic E-state index is 0.761. The van der Waals surface area contributed by atoms with Crippen LogP contribution in [-0.4, -0.2) is 38.7 Å². The highest BCUT2D eigenvalue weighted by Gasteiger charge is 1.89. The third-order valence-corrected chi connectivity index (χ3v) is 1.38. The van der Waals surface area contributed by atoms with Gasteiger partial charge >= 0.3 is 0 Å². The first-order valence-corrected chi connectivity index (χ1v) is 4.26. The molecule has 0 heterocycles. The van der Waals surface area contributed by atoms with Crippen molar-refractivity contribution in [3.63, 3.8) is 0 Å². The first-order valence-electron chi connectivity index (χ1n) is 4.26. The van der Waals surface area contributed by atoms with Crippen LogP contribution in [0.25, 0.3) is 0 Å². The normalized spacial score (nSPS) is 10.9. The van der Waals surface area contributed by atoms with Crippen molar-refractivity contribution >= 4 is 0 Å². The molecule has 0 aliphatic rings. The van der Waals surface area contributed by atoms with E-state index in [0.717, 1.165) is 19.7 Å². The highest BCUT2D eigenvalue weighted by molar-refractivity contribution is 4.39. The number of nitrogens with zero attached hydrogens (tertiary/aromatic N) is 1. The Morgan fingerprint density at radius 2 is 2.09 bits per heavy atom. The van der Waals surface area contributed by atoms with Gasteiger partial charge in [0.15, 0.2) is 0 Å². The fourth-order valence-corrected chi connectivity index (χ4v) is 0.622. The van der Waals surface area contributed by atoms with Crippen molar-refractivity contribution in [2.45, 2.75) is 19.8 Å². The van der Waals surface area contributed by atoms with Gasteiger partial charge in [0.1, 0.15) is 0 Å². The van der Waals surface area contributed by atoms with Gasteiger partial charge in [-0.05, 0) is 20.5 Å². The summed E-state index contributed by atoms with van der Waals surface area (Å²) < 4.78 is 0. The molecule has 0 fully saturated rings. The van der Waals surface area contributed by atoms with E-state index < -0.39 is 0 Å². The zero-order valence-corrected chi connectivity index (χ0v) is 7.89. The summed E-state index contributed by atoms with van der Waals surface area (Å²) in [5.41, 5.74) is 2.92. The highest BCUT2D eigenvalue weighted by atomic mass is 16.6. The van der Waals surface area contributed by atoms with E-state index in [4.69, 9.17) is 4.84 Å². The third kappa shape index (κ3) is 9.88. The fourth-order valence-electron chi connectivity index (χ4n) is 0.622. The van der Waals surface area contributed by atoms with Gasteiger partial charge in [-0.1, -0.05) is 13.3 Å². The fraction of sp³-hybridized carbons (Fsp3) is 1.00. The summed E-state index contributed by atoms with van der Waals surface area (Å²) >= 11 is 0. The largest absolute Gasteiger partial charge is 0.307 e. The average Bonchev–Trinajstić information content (AvgIpc) is 1.96. The van der Waals surface area contributed by atoms with Gasteiger partial charge in [0, 0.05) is 13.1 Å². The summed E-state index contributed by atoms with van der Waals surface area (Å²) in [6.45, 7) is 4.86. The molecule has 0 aromatic rings. The smallest absolute Gasteiger partial charge is 0.0809 e. The Morgan fingerprint density at radius 1 is 1.36 bits per heavy atom. The van der Waals surface area contributed by atoms with Crippen LogP contribution in [0.4, 0.5) is 0 Å². The van der Waals surface area contributed by atoms with Crippen LogP contribution in [0, 0.1) is 0 Å². The van der Waals surface area contributed by atoms with Gasteiger partial charge in [0.25, 0.3) is 0 Å². The van der Waals surface area contributed by atoms with Crippen LogP contribution >= 0.6 is 0 Å². The Bertz CT molecular complexity index is 76.5. The number of hydrogen-bond acceptors (Lipinski definition) is 3. The van der Waals surface area contributed by atoms with Crippen molar-refractivity contribution in [3.05, 3.63) is 0 Å². The van der Waals surface area contributed by atoms with Crippen LogP contribution in [0.3, 0.4) is 0 Å². The molecule has 0 saturated heterocycles. The molecule has 0 radical (unpaired) electrons. The Labute approximate surface area is 69.7 Å². The number of hydrogen-bond donors (Lipinski definition) is 1. The molecule has 3 nitrogen and oxygen atoms in total. The number of hydroxylamine groups is 1. The molecule has 0 aromatic heterocycles. The van der Waals surface area contributed by atoms with Gasteiger partial charge < -0.3 is 9.74 Å². The second-order valence-electron chi connectivity index (χ2n) is 2.90. The lowest BCUT2D eigenvalue weighted by atomic mass is 10.3. The van der Waals surface area contributed by atoms with Gasteiger partial charge in [-0.3, -0.25) is 0 Å². The molecule has 1 N–H and O–H groups in total. The molecule has 3 heteroatoms. The molecule has 0 rings (SSSR count). The quantitative estimate of drug-likeness (QED) is 0.442. The van der Waals surface area contributed by atoms with Crippen LogP contribution in [0.2, 0.25) is 0 Å². The maximum Gasteiger partial charge on any atom is 0.0809 e. The maximum atomic E-state index is 5.15. The molecule has 0 spiro atoms. The van der Waals surface area contributed by atoms with E-state index in [1.807, 2.05) is 14.1 Å². The van der Waals surface area contributed by atoms with Crippen molar-refractivity contribution in [2.24, 2.45) is 0 Å². The van der Waals surface area contributed by atoms with E-state index >= 15 is 0 Å². The lowest BCUT2D eigenvalue weighted by Gasteiger charge is -2.09. The van der Waals surface area contributed by atoms with Crippen molar-refractivity contribution in [1.82, 2.24) is 10.4 Å². The van der Waals surface area contributed by atoms with Crippen molar-refractivity contribution in [3.8, 4) is 0 Å². The van der Waals surface area contributed by atoms with E-state index in [1.54, 1.807) is 0 Å². The van der Waals surface area contributed by atoms with E-state index in [9.17, 15) is 0 Å². The zero-order chi connectivity index (χ0) is 8.53. The topological polar surface area (TPSA) is 24.5 Å². The van der Waals surface area contributed by atoms with E-state index in [0.29, 0.717) is 0 Å². The third-order valence-electron chi connectivity index (χ3n) is 1.38. The van der Waals surface area contributed by atoms with Crippen molar-refractivity contribution in [2.75, 3.05) is 33.8 Å². The SMILES string of the molecule is CCCCNOCCN(C)C. The lowest BCUT2D eigenvalue weighted by Crippen LogP contribution is -2.24. The van der Waals surface area contributed by atoms with Crippen molar-refractivity contribution < 1.29 is 4.84 Å². The standard InChI is InChI=1S/C8H20N2O/c1-4-5-6-9-11-8-7-10(2)3/h9H,4-8H2,1-3H3. The molecular formula is C8H20N2O. The minimum absolute atomic E-state index is 0.761. The second kappa shape index (κ2) is 7.98. The summed E-state index contributed by atoms with van der Waals surface area (Å²) in [5, 5.41) is 0. The first-order chi connectivity index (χ1) is 5.27. The first kappa shape index (κ1) is 10.9. The predicted octanol–water partition coefficient (Wildman–Crippen LogP) is 0.869. The van der Waals surface area contributed by atoms with Crippen LogP contribution in [-0.2, 0) is 4.84 Å². The molecule has 0 bridgehead atoms. The van der Waals surface area contributed by atoms with Crippen LogP contribution in [0.1, 0.15) is 19.8 Å². The Hall–Kier alpha value is -0.120. The molecule has 0 aliphatic carbocycles. The molecule has 0 amide bonds. The van der Waals surface area contributed by atoms with E-state index in [1.165, 1.54) is 12.8 Å². The van der Waals surface area contributed by atoms with Gasteiger partial charge in [-0.2, -0.15) is 0 Å². The van der Waals surface area contributed by atoms with Gasteiger partial charge in [-0.15, -0.1) is 0 Å². The number of likely N-dealkylation sites (N-methyl/N-ethyl adjacent to an activating group) is 1. The molecule has 68 valence electrons. The van der Waals surface area contributed by atoms with Crippen LogP contribution in [0.15, 0.2) is 0 Å². The summed E-state index contributed by atoms with van der Waals surface area (Å²) in [6.07, 6.45) is 2.39. The maximum absolute atomic E-state index is 5.15. The Kier molecular flexibility index (Phi) is 7.89. The molecular weight excluding hydrogens is 140 g/mol. The van der Waals surface area contributed by atoms with Gasteiger partial charge in [0.2, 0.25) is 0 Å². The van der Waals surface area contributed by atoms with Crippen molar-refractivity contribution in [1.29, 1.82) is 0 Å². The molecule has 0 atom stereocenters. The Morgan fingerprint density at radius 3 is 2.64 bits per heavy atom. The average molecular weight is 160 g/mol. The van der Waals surface area contributed by atoms with Crippen LogP contribution < -0.4 is 5.48 Å². The number of rotatable bonds is 7. The molecule has 0 unspecified atom stereocenters. The zero-order valence-electron chi connectivity index (χ0n) is 7.89. The molecule has 0 aliphatic heterocycles. The number of unbranched alkanes of at least 4 members (excludes halogenated alkanes) is 1. The van der Waals surface area contributed by atoms with E-state index in [2.05, 4.69) is 17.3 Å². The summed E-state index contributed by atoms with van der Waals surface area (Å²) in [4.78, 5) is 7.25. The predicted molar refractivity (Wildman–Crippen MR) is 47.4 cm³/mol.